The lowest BCUT2D eigenvalue weighted by molar-refractivity contribution is -0.133. The first-order valence-corrected chi connectivity index (χ1v) is 6.37. The molecule has 0 rings (SSSR count). The largest absolute Gasteiger partial charge is 0.370 e. The standard InChI is InChI=1S/C10H19N5O4S/c11-4(3-20)10(19)15-5(1-2-6(12)16)8(17)7(13)9(14)18/h4-5,7,20H,1-3,11,13H2,(H2,12,16)(H2,14,18)(H,15,19). The summed E-state index contributed by atoms with van der Waals surface area (Å²) in [4.78, 5) is 45.1. The van der Waals surface area contributed by atoms with Gasteiger partial charge in [-0.2, -0.15) is 12.6 Å². The lowest BCUT2D eigenvalue weighted by atomic mass is 10.00. The Hall–Kier alpha value is -1.65. The summed E-state index contributed by atoms with van der Waals surface area (Å²) in [5.74, 6) is -3.10. The van der Waals surface area contributed by atoms with E-state index in [1.54, 1.807) is 0 Å². The second-order valence-electron chi connectivity index (χ2n) is 4.14. The molecule has 0 radical (unpaired) electrons. The number of Topliss-reactive ketones (excluding diaryl/α,β-unsaturated/α-hetero) is 1. The highest BCUT2D eigenvalue weighted by molar-refractivity contribution is 7.80. The number of amides is 3. The van der Waals surface area contributed by atoms with Crippen LogP contribution in [0.2, 0.25) is 0 Å². The fourth-order valence-electron chi connectivity index (χ4n) is 1.29. The van der Waals surface area contributed by atoms with Gasteiger partial charge in [0.25, 0.3) is 0 Å². The maximum Gasteiger partial charge on any atom is 0.242 e. The highest BCUT2D eigenvalue weighted by Crippen LogP contribution is 2.02. The predicted molar refractivity (Wildman–Crippen MR) is 74.4 cm³/mol. The van der Waals surface area contributed by atoms with Crippen molar-refractivity contribution in [2.45, 2.75) is 31.0 Å². The number of carbonyl (C=O) groups is 4. The zero-order valence-corrected chi connectivity index (χ0v) is 11.6. The SMILES string of the molecule is NC(=O)CCC(NC(=O)C(N)CS)C(=O)C(N)C(N)=O. The Morgan fingerprint density at radius 1 is 1.10 bits per heavy atom. The summed E-state index contributed by atoms with van der Waals surface area (Å²) in [6, 6.07) is -3.68. The molecule has 0 aromatic heterocycles. The lowest BCUT2D eigenvalue weighted by Gasteiger charge is -2.21. The Labute approximate surface area is 121 Å². The minimum atomic E-state index is -1.58. The molecular weight excluding hydrogens is 286 g/mol. The van der Waals surface area contributed by atoms with E-state index in [1.807, 2.05) is 0 Å². The van der Waals surface area contributed by atoms with E-state index in [9.17, 15) is 19.2 Å². The first-order chi connectivity index (χ1) is 9.20. The van der Waals surface area contributed by atoms with Crippen molar-refractivity contribution in [2.24, 2.45) is 22.9 Å². The highest BCUT2D eigenvalue weighted by atomic mass is 32.1. The fourth-order valence-corrected chi connectivity index (χ4v) is 1.46. The maximum atomic E-state index is 11.9. The second-order valence-corrected chi connectivity index (χ2v) is 4.50. The average molecular weight is 305 g/mol. The molecule has 0 aromatic rings. The molecule has 0 fully saturated rings. The topological polar surface area (TPSA) is 184 Å². The Balaban J connectivity index is 4.88. The third kappa shape index (κ3) is 5.99. The van der Waals surface area contributed by atoms with Crippen molar-refractivity contribution in [1.82, 2.24) is 5.32 Å². The van der Waals surface area contributed by atoms with E-state index >= 15 is 0 Å². The third-order valence-corrected chi connectivity index (χ3v) is 2.88. The maximum absolute atomic E-state index is 11.9. The number of carbonyl (C=O) groups excluding carboxylic acids is 4. The average Bonchev–Trinajstić information content (AvgIpc) is 2.39. The van der Waals surface area contributed by atoms with Gasteiger partial charge in [0.15, 0.2) is 5.78 Å². The van der Waals surface area contributed by atoms with Crippen molar-refractivity contribution >= 4 is 36.1 Å². The first-order valence-electron chi connectivity index (χ1n) is 5.74. The second kappa shape index (κ2) is 8.51. The molecule has 3 atom stereocenters. The molecule has 9 nitrogen and oxygen atoms in total. The zero-order chi connectivity index (χ0) is 15.9. The van der Waals surface area contributed by atoms with Gasteiger partial charge in [-0.1, -0.05) is 0 Å². The van der Waals surface area contributed by atoms with Gasteiger partial charge >= 0.3 is 0 Å². The van der Waals surface area contributed by atoms with E-state index in [-0.39, 0.29) is 18.6 Å². The minimum Gasteiger partial charge on any atom is -0.370 e. The Morgan fingerprint density at radius 2 is 1.65 bits per heavy atom. The highest BCUT2D eigenvalue weighted by Gasteiger charge is 2.30. The number of ketones is 1. The van der Waals surface area contributed by atoms with Crippen LogP contribution in [0.1, 0.15) is 12.8 Å². The summed E-state index contributed by atoms with van der Waals surface area (Å²) in [5.41, 5.74) is 20.6. The van der Waals surface area contributed by atoms with Gasteiger partial charge in [-0.25, -0.2) is 0 Å². The van der Waals surface area contributed by atoms with Crippen LogP contribution in [-0.2, 0) is 19.2 Å². The van der Waals surface area contributed by atoms with E-state index in [4.69, 9.17) is 22.9 Å². The number of nitrogens with one attached hydrogen (secondary N) is 1. The van der Waals surface area contributed by atoms with Gasteiger partial charge in [0.2, 0.25) is 17.7 Å². The summed E-state index contributed by atoms with van der Waals surface area (Å²) < 4.78 is 0. The molecule has 10 heteroatoms. The predicted octanol–water partition coefficient (Wildman–Crippen LogP) is -3.62. The van der Waals surface area contributed by atoms with Crippen LogP contribution < -0.4 is 28.3 Å². The summed E-state index contributed by atoms with van der Waals surface area (Å²) in [6.07, 6.45) is -0.265. The Bertz CT molecular complexity index is 403. The smallest absolute Gasteiger partial charge is 0.242 e. The molecular formula is C10H19N5O4S. The number of hydrogen-bond donors (Lipinski definition) is 6. The van der Waals surface area contributed by atoms with Crippen molar-refractivity contribution in [2.75, 3.05) is 5.75 Å². The molecule has 0 aromatic carbocycles. The van der Waals surface area contributed by atoms with Crippen LogP contribution in [0.4, 0.5) is 0 Å². The number of nitrogens with two attached hydrogens (primary N) is 4. The molecule has 0 spiro atoms. The summed E-state index contributed by atoms with van der Waals surface area (Å²) >= 11 is 3.84. The van der Waals surface area contributed by atoms with E-state index in [0.29, 0.717) is 0 Å². The third-order valence-electron chi connectivity index (χ3n) is 2.49. The van der Waals surface area contributed by atoms with Crippen molar-refractivity contribution in [3.05, 3.63) is 0 Å². The van der Waals surface area contributed by atoms with Gasteiger partial charge in [0.1, 0.15) is 6.04 Å². The van der Waals surface area contributed by atoms with Crippen LogP contribution in [0.25, 0.3) is 0 Å². The molecule has 114 valence electrons. The van der Waals surface area contributed by atoms with E-state index < -0.39 is 41.6 Å². The first kappa shape index (κ1) is 18.4. The van der Waals surface area contributed by atoms with Crippen LogP contribution in [0, 0.1) is 0 Å². The molecule has 0 saturated carbocycles. The zero-order valence-electron chi connectivity index (χ0n) is 10.7. The van der Waals surface area contributed by atoms with Gasteiger partial charge in [-0.3, -0.25) is 19.2 Å². The van der Waals surface area contributed by atoms with Gasteiger partial charge in [0, 0.05) is 12.2 Å². The summed E-state index contributed by atoms with van der Waals surface area (Å²) in [7, 11) is 0. The normalized spacial score (nSPS) is 14.9. The number of thiol groups is 1. The van der Waals surface area contributed by atoms with Gasteiger partial charge < -0.3 is 28.3 Å². The van der Waals surface area contributed by atoms with E-state index in [0.717, 1.165) is 0 Å². The number of hydrogen-bond acceptors (Lipinski definition) is 7. The van der Waals surface area contributed by atoms with Crippen LogP contribution in [0.15, 0.2) is 0 Å². The van der Waals surface area contributed by atoms with Crippen LogP contribution in [0.5, 0.6) is 0 Å². The van der Waals surface area contributed by atoms with E-state index in [2.05, 4.69) is 17.9 Å². The van der Waals surface area contributed by atoms with Crippen molar-refractivity contribution in [3.63, 3.8) is 0 Å². The summed E-state index contributed by atoms with van der Waals surface area (Å²) in [6.45, 7) is 0. The molecule has 0 heterocycles. The molecule has 0 aliphatic heterocycles. The molecule has 20 heavy (non-hydrogen) atoms. The molecule has 0 aliphatic rings. The molecule has 3 amide bonds. The van der Waals surface area contributed by atoms with Gasteiger partial charge in [-0.15, -0.1) is 0 Å². The molecule has 0 saturated heterocycles. The monoisotopic (exact) mass is 305 g/mol. The van der Waals surface area contributed by atoms with Crippen LogP contribution in [-0.4, -0.2) is 47.4 Å². The van der Waals surface area contributed by atoms with Crippen LogP contribution >= 0.6 is 12.6 Å². The van der Waals surface area contributed by atoms with Crippen molar-refractivity contribution < 1.29 is 19.2 Å². The molecule has 9 N–H and O–H groups in total. The minimum absolute atomic E-state index is 0.0600. The quantitative estimate of drug-likeness (QED) is 0.188. The Kier molecular flexibility index (Phi) is 7.80. The fraction of sp³-hybridized carbons (Fsp3) is 0.600. The lowest BCUT2D eigenvalue weighted by Crippen LogP contribution is -2.56. The molecule has 0 bridgehead atoms. The Morgan fingerprint density at radius 3 is 2.05 bits per heavy atom. The summed E-state index contributed by atoms with van der Waals surface area (Å²) in [5, 5.41) is 2.30. The van der Waals surface area contributed by atoms with Crippen molar-refractivity contribution in [3.8, 4) is 0 Å². The number of rotatable bonds is 9. The van der Waals surface area contributed by atoms with Gasteiger partial charge in [-0.05, 0) is 6.42 Å². The van der Waals surface area contributed by atoms with Gasteiger partial charge in [0.05, 0.1) is 12.1 Å². The van der Waals surface area contributed by atoms with Crippen LogP contribution in [0.3, 0.4) is 0 Å². The number of primary amides is 2. The molecule has 0 aliphatic carbocycles. The molecule has 3 unspecified atom stereocenters. The van der Waals surface area contributed by atoms with Crippen molar-refractivity contribution in [1.29, 1.82) is 0 Å². The van der Waals surface area contributed by atoms with E-state index in [1.165, 1.54) is 0 Å².